The van der Waals surface area contributed by atoms with Crippen molar-refractivity contribution in [3.63, 3.8) is 0 Å². The van der Waals surface area contributed by atoms with Crippen molar-refractivity contribution in [2.24, 2.45) is 11.3 Å². The zero-order valence-corrected chi connectivity index (χ0v) is 15.3. The van der Waals surface area contributed by atoms with E-state index in [0.29, 0.717) is 17.7 Å². The number of fused-ring (bicyclic) bond motifs is 3. The maximum absolute atomic E-state index is 12.9. The van der Waals surface area contributed by atoms with E-state index in [1.807, 2.05) is 13.0 Å². The van der Waals surface area contributed by atoms with Crippen LogP contribution in [-0.4, -0.2) is 31.3 Å². The summed E-state index contributed by atoms with van der Waals surface area (Å²) in [6, 6.07) is 5.50. The van der Waals surface area contributed by atoms with E-state index in [9.17, 15) is 9.59 Å². The van der Waals surface area contributed by atoms with Crippen LogP contribution in [0.1, 0.15) is 49.0 Å². The number of carbonyl (C=O) groups excluding carboxylic acids is 2. The number of benzene rings is 1. The van der Waals surface area contributed by atoms with Gasteiger partial charge in [-0.1, -0.05) is 13.3 Å². The maximum Gasteiger partial charge on any atom is 0.311 e. The molecule has 24 heavy (non-hydrogen) atoms. The third-order valence-corrected chi connectivity index (χ3v) is 6.52. The SMILES string of the molecule is COC(=O)[C@]1(C)CCC[C@@]2(C)c3cc(OC)ccc3C(=O)[C@@H](Cl)[C@@H]12. The first-order valence-corrected chi connectivity index (χ1v) is 8.68. The van der Waals surface area contributed by atoms with Gasteiger partial charge >= 0.3 is 5.97 Å². The monoisotopic (exact) mass is 350 g/mol. The molecular formula is C19H23ClO4. The highest BCUT2D eigenvalue weighted by atomic mass is 35.5. The van der Waals surface area contributed by atoms with Crippen LogP contribution in [0.5, 0.6) is 5.75 Å². The fraction of sp³-hybridized carbons (Fsp3) is 0.579. The summed E-state index contributed by atoms with van der Waals surface area (Å²) in [6.07, 6.45) is 2.43. The van der Waals surface area contributed by atoms with Gasteiger partial charge in [0, 0.05) is 11.5 Å². The lowest BCUT2D eigenvalue weighted by Gasteiger charge is -2.54. The van der Waals surface area contributed by atoms with Crippen molar-refractivity contribution in [2.45, 2.75) is 43.9 Å². The molecule has 0 amide bonds. The number of methoxy groups -OCH3 is 2. The molecule has 130 valence electrons. The molecule has 1 fully saturated rings. The number of esters is 1. The van der Waals surface area contributed by atoms with Crippen LogP contribution in [0.4, 0.5) is 0 Å². The standard InChI is InChI=1S/C19H23ClO4/c1-18-8-5-9-19(2,17(22)24-4)16(18)14(20)15(21)12-7-6-11(23-3)10-13(12)18/h6-7,10,14,16H,5,8-9H2,1-4H3/t14-,16-,18+,19-/m1/s1. The van der Waals surface area contributed by atoms with Gasteiger partial charge in [0.15, 0.2) is 5.78 Å². The van der Waals surface area contributed by atoms with E-state index in [2.05, 4.69) is 6.92 Å². The van der Waals surface area contributed by atoms with E-state index < -0.39 is 10.8 Å². The quantitative estimate of drug-likeness (QED) is 0.602. The van der Waals surface area contributed by atoms with Gasteiger partial charge in [-0.15, -0.1) is 11.6 Å². The Hall–Kier alpha value is -1.55. The van der Waals surface area contributed by atoms with Crippen molar-refractivity contribution in [3.05, 3.63) is 29.3 Å². The molecule has 1 aromatic rings. The van der Waals surface area contributed by atoms with Gasteiger partial charge in [-0.2, -0.15) is 0 Å². The fourth-order valence-electron chi connectivity index (χ4n) is 4.88. The molecule has 3 rings (SSSR count). The van der Waals surface area contributed by atoms with Crippen molar-refractivity contribution >= 4 is 23.4 Å². The minimum atomic E-state index is -0.773. The molecule has 0 bridgehead atoms. The first-order valence-electron chi connectivity index (χ1n) is 8.25. The van der Waals surface area contributed by atoms with Gasteiger partial charge in [-0.25, -0.2) is 0 Å². The number of carbonyl (C=O) groups is 2. The van der Waals surface area contributed by atoms with Crippen LogP contribution in [-0.2, 0) is 14.9 Å². The second kappa shape index (κ2) is 5.76. The van der Waals surface area contributed by atoms with Gasteiger partial charge in [0.05, 0.1) is 19.6 Å². The second-order valence-electron chi connectivity index (χ2n) is 7.34. The Morgan fingerprint density at radius 2 is 1.96 bits per heavy atom. The first kappa shape index (κ1) is 17.3. The van der Waals surface area contributed by atoms with Crippen LogP contribution in [0, 0.1) is 11.3 Å². The summed E-state index contributed by atoms with van der Waals surface area (Å²) in [7, 11) is 3.00. The van der Waals surface area contributed by atoms with E-state index in [1.165, 1.54) is 7.11 Å². The van der Waals surface area contributed by atoms with Crippen molar-refractivity contribution in [1.82, 2.24) is 0 Å². The van der Waals surface area contributed by atoms with E-state index in [4.69, 9.17) is 21.1 Å². The van der Waals surface area contributed by atoms with E-state index in [-0.39, 0.29) is 23.1 Å². The Bertz CT molecular complexity index is 701. The number of alkyl halides is 1. The Labute approximate surface area is 147 Å². The van der Waals surface area contributed by atoms with E-state index in [0.717, 1.165) is 18.4 Å². The molecule has 0 spiro atoms. The third kappa shape index (κ3) is 2.19. The summed E-state index contributed by atoms with van der Waals surface area (Å²) in [5, 5.41) is -0.736. The smallest absolute Gasteiger partial charge is 0.311 e. The largest absolute Gasteiger partial charge is 0.497 e. The normalized spacial score (nSPS) is 35.0. The van der Waals surface area contributed by atoms with Gasteiger partial charge in [-0.05, 0) is 48.9 Å². The van der Waals surface area contributed by atoms with Crippen LogP contribution in [0.15, 0.2) is 18.2 Å². The van der Waals surface area contributed by atoms with Gasteiger partial charge in [-0.3, -0.25) is 9.59 Å². The molecule has 1 aromatic carbocycles. The van der Waals surface area contributed by atoms with Crippen molar-refractivity contribution in [1.29, 1.82) is 0 Å². The zero-order chi connectivity index (χ0) is 17.7. The predicted octanol–water partition coefficient (Wildman–Crippen LogP) is 3.74. The zero-order valence-electron chi connectivity index (χ0n) is 14.5. The molecule has 0 unspecified atom stereocenters. The molecule has 0 radical (unpaired) electrons. The first-order chi connectivity index (χ1) is 11.3. The number of ether oxygens (including phenoxy) is 2. The predicted molar refractivity (Wildman–Crippen MR) is 91.8 cm³/mol. The number of halogens is 1. The number of ketones is 1. The van der Waals surface area contributed by atoms with Gasteiger partial charge < -0.3 is 9.47 Å². The Morgan fingerprint density at radius 1 is 1.25 bits per heavy atom. The molecular weight excluding hydrogens is 328 g/mol. The summed E-state index contributed by atoms with van der Waals surface area (Å²) < 4.78 is 10.4. The summed E-state index contributed by atoms with van der Waals surface area (Å²) in [6.45, 7) is 3.99. The molecule has 0 aliphatic heterocycles. The van der Waals surface area contributed by atoms with Crippen LogP contribution in [0.25, 0.3) is 0 Å². The van der Waals surface area contributed by atoms with Crippen LogP contribution in [0.3, 0.4) is 0 Å². The topological polar surface area (TPSA) is 52.6 Å². The highest BCUT2D eigenvalue weighted by molar-refractivity contribution is 6.35. The lowest BCUT2D eigenvalue weighted by molar-refractivity contribution is -0.160. The Kier molecular flexibility index (Phi) is 4.15. The molecule has 1 saturated carbocycles. The van der Waals surface area contributed by atoms with Crippen LogP contribution >= 0.6 is 11.6 Å². The average Bonchev–Trinajstić information content (AvgIpc) is 2.58. The second-order valence-corrected chi connectivity index (χ2v) is 7.81. The fourth-order valence-corrected chi connectivity index (χ4v) is 5.56. The van der Waals surface area contributed by atoms with Crippen LogP contribution in [0.2, 0.25) is 0 Å². The number of hydrogen-bond donors (Lipinski definition) is 0. The number of Topliss-reactive ketones (excluding diaryl/α,β-unsaturated/α-hetero) is 1. The molecule has 0 aromatic heterocycles. The Balaban J connectivity index is 2.23. The molecule has 4 nitrogen and oxygen atoms in total. The van der Waals surface area contributed by atoms with Crippen molar-refractivity contribution in [3.8, 4) is 5.75 Å². The molecule has 2 aliphatic carbocycles. The summed E-state index contributed by atoms with van der Waals surface area (Å²) in [5.74, 6) is -0.00286. The van der Waals surface area contributed by atoms with Crippen molar-refractivity contribution in [2.75, 3.05) is 14.2 Å². The van der Waals surface area contributed by atoms with Crippen LogP contribution < -0.4 is 4.74 Å². The molecule has 0 heterocycles. The molecule has 4 atom stereocenters. The third-order valence-electron chi connectivity index (χ3n) is 6.07. The summed E-state index contributed by atoms with van der Waals surface area (Å²) in [5.41, 5.74) is 0.433. The minimum Gasteiger partial charge on any atom is -0.497 e. The summed E-state index contributed by atoms with van der Waals surface area (Å²) >= 11 is 6.63. The van der Waals surface area contributed by atoms with Gasteiger partial charge in [0.1, 0.15) is 11.1 Å². The average molecular weight is 351 g/mol. The summed E-state index contributed by atoms with van der Waals surface area (Å²) in [4.78, 5) is 25.4. The maximum atomic E-state index is 12.9. The van der Waals surface area contributed by atoms with Crippen molar-refractivity contribution < 1.29 is 19.1 Å². The molecule has 2 aliphatic rings. The van der Waals surface area contributed by atoms with Gasteiger partial charge in [0.2, 0.25) is 0 Å². The van der Waals surface area contributed by atoms with Gasteiger partial charge in [0.25, 0.3) is 0 Å². The number of rotatable bonds is 2. The van der Waals surface area contributed by atoms with E-state index in [1.54, 1.807) is 19.2 Å². The molecule has 0 N–H and O–H groups in total. The highest BCUT2D eigenvalue weighted by Gasteiger charge is 2.61. The lowest BCUT2D eigenvalue weighted by Crippen LogP contribution is -2.58. The molecule has 0 saturated heterocycles. The number of hydrogen-bond acceptors (Lipinski definition) is 4. The van der Waals surface area contributed by atoms with E-state index >= 15 is 0 Å². The Morgan fingerprint density at radius 3 is 2.58 bits per heavy atom. The molecule has 5 heteroatoms. The highest BCUT2D eigenvalue weighted by Crippen LogP contribution is 2.59. The lowest BCUT2D eigenvalue weighted by atomic mass is 9.49. The minimum absolute atomic E-state index is 0.117.